The molecule has 1 aromatic heterocycles. The van der Waals surface area contributed by atoms with Gasteiger partial charge in [0.15, 0.2) is 0 Å². The third kappa shape index (κ3) is 4.19. The van der Waals surface area contributed by atoms with Gasteiger partial charge in [0.05, 0.1) is 21.8 Å². The zero-order chi connectivity index (χ0) is 23.8. The topological polar surface area (TPSA) is 64.5 Å². The number of fused-ring (bicyclic) bond motifs is 1. The molecule has 0 bridgehead atoms. The van der Waals surface area contributed by atoms with Gasteiger partial charge in [-0.05, 0) is 61.4 Å². The molecule has 0 saturated carbocycles. The highest BCUT2D eigenvalue weighted by molar-refractivity contribution is 6.36. The Balaban J connectivity index is 1.07. The molecule has 6 nitrogen and oxygen atoms in total. The second kappa shape index (κ2) is 9.39. The molecular formula is C28H29ClN4O2. The van der Waals surface area contributed by atoms with Crippen LogP contribution in [0.2, 0.25) is 5.02 Å². The minimum absolute atomic E-state index is 0.0974. The zero-order valence-electron chi connectivity index (χ0n) is 19.6. The van der Waals surface area contributed by atoms with Crippen molar-refractivity contribution in [3.05, 3.63) is 71.3 Å². The van der Waals surface area contributed by atoms with Gasteiger partial charge in [0, 0.05) is 49.4 Å². The molecule has 3 aliphatic heterocycles. The summed E-state index contributed by atoms with van der Waals surface area (Å²) >= 11 is 6.40. The number of nitrogens with one attached hydrogen (secondary N) is 1. The Morgan fingerprint density at radius 1 is 0.886 bits per heavy atom. The number of anilines is 2. The van der Waals surface area contributed by atoms with Crippen LogP contribution in [0.5, 0.6) is 0 Å². The van der Waals surface area contributed by atoms with Gasteiger partial charge < -0.3 is 24.3 Å². The number of piperidine rings is 2. The summed E-state index contributed by atoms with van der Waals surface area (Å²) in [5, 5.41) is 10.9. The van der Waals surface area contributed by atoms with Crippen LogP contribution in [0.25, 0.3) is 10.9 Å². The van der Waals surface area contributed by atoms with Crippen LogP contribution >= 0.6 is 11.6 Å². The number of benzene rings is 2. The monoisotopic (exact) mass is 488 g/mol. The lowest BCUT2D eigenvalue weighted by Crippen LogP contribution is -2.38. The van der Waals surface area contributed by atoms with Crippen LogP contribution in [-0.2, 0) is 9.47 Å². The molecular weight excluding hydrogens is 460 g/mol. The van der Waals surface area contributed by atoms with Gasteiger partial charge in [-0.2, -0.15) is 5.26 Å². The Morgan fingerprint density at radius 3 is 2.26 bits per heavy atom. The van der Waals surface area contributed by atoms with Gasteiger partial charge in [0.25, 0.3) is 0 Å². The van der Waals surface area contributed by atoms with Crippen molar-refractivity contribution in [2.24, 2.45) is 5.92 Å². The average molecular weight is 489 g/mol. The lowest BCUT2D eigenvalue weighted by molar-refractivity contribution is -0.0728. The van der Waals surface area contributed by atoms with Crippen molar-refractivity contribution in [2.45, 2.75) is 37.9 Å². The van der Waals surface area contributed by atoms with Gasteiger partial charge in [-0.1, -0.05) is 23.7 Å². The highest BCUT2D eigenvalue weighted by atomic mass is 35.5. The summed E-state index contributed by atoms with van der Waals surface area (Å²) in [5.74, 6) is 1.03. The van der Waals surface area contributed by atoms with E-state index in [2.05, 4.69) is 51.2 Å². The highest BCUT2D eigenvalue weighted by Gasteiger charge is 2.30. The number of rotatable bonds is 4. The molecule has 2 fully saturated rings. The summed E-state index contributed by atoms with van der Waals surface area (Å²) in [6, 6.07) is 15.4. The summed E-state index contributed by atoms with van der Waals surface area (Å²) in [6.45, 7) is 4.04. The fraction of sp³-hybridized carbons (Fsp3) is 0.393. The average Bonchev–Trinajstić information content (AvgIpc) is 3.61. The Hall–Kier alpha value is -3.30. The first-order valence-corrected chi connectivity index (χ1v) is 12.8. The summed E-state index contributed by atoms with van der Waals surface area (Å²) in [5.41, 5.74) is 5.42. The third-order valence-electron chi connectivity index (χ3n) is 7.85. The van der Waals surface area contributed by atoms with Crippen LogP contribution in [-0.4, -0.2) is 37.5 Å². The number of ether oxygens (including phenoxy) is 2. The van der Waals surface area contributed by atoms with E-state index in [1.165, 1.54) is 11.3 Å². The molecule has 2 aromatic carbocycles. The minimum Gasteiger partial charge on any atom is -0.459 e. The number of aromatic nitrogens is 1. The first kappa shape index (κ1) is 22.2. The Bertz CT molecular complexity index is 1250. The predicted molar refractivity (Wildman–Crippen MR) is 139 cm³/mol. The molecule has 180 valence electrons. The van der Waals surface area contributed by atoms with Gasteiger partial charge in [-0.15, -0.1) is 0 Å². The molecule has 2 saturated heterocycles. The first-order valence-electron chi connectivity index (χ1n) is 12.5. The van der Waals surface area contributed by atoms with E-state index < -0.39 is 0 Å². The van der Waals surface area contributed by atoms with Crippen molar-refractivity contribution in [2.75, 3.05) is 36.0 Å². The summed E-state index contributed by atoms with van der Waals surface area (Å²) in [6.07, 6.45) is 9.35. The maximum atomic E-state index is 9.41. The number of H-pyrrole nitrogens is 1. The molecule has 1 N–H and O–H groups in total. The smallest absolute Gasteiger partial charge is 0.242 e. The van der Waals surface area contributed by atoms with Gasteiger partial charge in [0.1, 0.15) is 18.6 Å². The van der Waals surface area contributed by atoms with Gasteiger partial charge >= 0.3 is 0 Å². The Morgan fingerprint density at radius 2 is 1.57 bits per heavy atom. The summed E-state index contributed by atoms with van der Waals surface area (Å²) in [7, 11) is 0. The molecule has 6 rings (SSSR count). The number of aromatic amines is 1. The van der Waals surface area contributed by atoms with E-state index in [-0.39, 0.29) is 6.29 Å². The molecule has 3 aromatic rings. The van der Waals surface area contributed by atoms with E-state index in [1.807, 2.05) is 6.07 Å². The number of hydrogen-bond acceptors (Lipinski definition) is 5. The molecule has 0 spiro atoms. The fourth-order valence-electron chi connectivity index (χ4n) is 5.86. The van der Waals surface area contributed by atoms with Crippen molar-refractivity contribution in [1.82, 2.24) is 4.98 Å². The zero-order valence-corrected chi connectivity index (χ0v) is 20.4. The normalized spacial score (nSPS) is 19.7. The SMILES string of the molecule is N#Cc1c[nH]c2c(N3CCC(c4ccc(N5CCC(C6OC=CO6)CC5)cc4)CC3)ccc(Cl)c12. The van der Waals surface area contributed by atoms with Crippen molar-refractivity contribution < 1.29 is 9.47 Å². The van der Waals surface area contributed by atoms with Crippen molar-refractivity contribution in [3.63, 3.8) is 0 Å². The van der Waals surface area contributed by atoms with Crippen LogP contribution in [0.15, 0.2) is 55.1 Å². The minimum atomic E-state index is -0.0974. The Labute approximate surface area is 210 Å². The predicted octanol–water partition coefficient (Wildman–Crippen LogP) is 6.14. The quantitative estimate of drug-likeness (QED) is 0.478. The standard InChI is InChI=1S/C28H29ClN4O2/c29-24-5-6-25(27-26(24)22(17-30)18-31-27)33-13-7-20(8-14-33)19-1-3-23(4-2-19)32-11-9-21(10-12-32)28-34-15-16-35-28/h1-6,15-16,18,20-21,28,31H,7-14H2. The van der Waals surface area contributed by atoms with Crippen LogP contribution in [0.3, 0.4) is 0 Å². The molecule has 0 atom stereocenters. The van der Waals surface area contributed by atoms with E-state index in [0.717, 1.165) is 68.5 Å². The molecule has 0 amide bonds. The van der Waals surface area contributed by atoms with Crippen LogP contribution in [0, 0.1) is 17.2 Å². The third-order valence-corrected chi connectivity index (χ3v) is 8.17. The van der Waals surface area contributed by atoms with Crippen molar-refractivity contribution >= 4 is 33.9 Å². The first-order chi connectivity index (χ1) is 17.2. The molecule has 0 unspecified atom stereocenters. The molecule has 7 heteroatoms. The lowest BCUT2D eigenvalue weighted by Gasteiger charge is -2.36. The number of hydrogen-bond donors (Lipinski definition) is 1. The van der Waals surface area contributed by atoms with E-state index in [1.54, 1.807) is 18.7 Å². The second-order valence-electron chi connectivity index (χ2n) is 9.72. The van der Waals surface area contributed by atoms with E-state index in [9.17, 15) is 5.26 Å². The van der Waals surface area contributed by atoms with Gasteiger partial charge in [-0.3, -0.25) is 0 Å². The Kier molecular flexibility index (Phi) is 5.95. The number of nitrogens with zero attached hydrogens (tertiary/aromatic N) is 3. The van der Waals surface area contributed by atoms with Crippen LogP contribution in [0.4, 0.5) is 11.4 Å². The van der Waals surface area contributed by atoms with E-state index in [4.69, 9.17) is 21.1 Å². The van der Waals surface area contributed by atoms with Crippen molar-refractivity contribution in [1.29, 1.82) is 5.26 Å². The van der Waals surface area contributed by atoms with Crippen molar-refractivity contribution in [3.8, 4) is 6.07 Å². The molecule has 0 radical (unpaired) electrons. The number of nitriles is 1. The molecule has 35 heavy (non-hydrogen) atoms. The van der Waals surface area contributed by atoms with Crippen LogP contribution < -0.4 is 9.80 Å². The maximum absolute atomic E-state index is 9.41. The maximum Gasteiger partial charge on any atom is 0.242 e. The summed E-state index contributed by atoms with van der Waals surface area (Å²) in [4.78, 5) is 8.16. The van der Waals surface area contributed by atoms with E-state index >= 15 is 0 Å². The second-order valence-corrected chi connectivity index (χ2v) is 10.1. The highest BCUT2D eigenvalue weighted by Crippen LogP contribution is 2.37. The molecule has 0 aliphatic carbocycles. The largest absolute Gasteiger partial charge is 0.459 e. The van der Waals surface area contributed by atoms with E-state index in [0.29, 0.717) is 22.4 Å². The van der Waals surface area contributed by atoms with Gasteiger partial charge in [0.2, 0.25) is 6.29 Å². The molecule has 4 heterocycles. The fourth-order valence-corrected chi connectivity index (χ4v) is 6.12. The lowest BCUT2D eigenvalue weighted by atomic mass is 9.89. The van der Waals surface area contributed by atoms with Gasteiger partial charge in [-0.25, -0.2) is 0 Å². The number of halogens is 1. The molecule has 3 aliphatic rings. The van der Waals surface area contributed by atoms with Crippen LogP contribution in [0.1, 0.15) is 42.7 Å². The summed E-state index contributed by atoms with van der Waals surface area (Å²) < 4.78 is 11.1.